The van der Waals surface area contributed by atoms with Gasteiger partial charge in [-0.2, -0.15) is 0 Å². The van der Waals surface area contributed by atoms with Crippen LogP contribution in [0.5, 0.6) is 0 Å². The molecule has 0 atom stereocenters. The molecule has 2 aromatic carbocycles. The second-order valence-corrected chi connectivity index (χ2v) is 5.34. The Morgan fingerprint density at radius 1 is 0.857 bits per heavy atom. The van der Waals surface area contributed by atoms with Crippen molar-refractivity contribution < 1.29 is 0 Å². The summed E-state index contributed by atoms with van der Waals surface area (Å²) in [5.74, 6) is 0. The number of nitrogens with one attached hydrogen (secondary N) is 1. The Bertz CT molecular complexity index is 505. The minimum atomic E-state index is 0.957. The minimum absolute atomic E-state index is 0.957. The maximum atomic E-state index is 3.44. The van der Waals surface area contributed by atoms with Gasteiger partial charge in [0.15, 0.2) is 0 Å². The maximum absolute atomic E-state index is 3.44. The highest BCUT2D eigenvalue weighted by molar-refractivity contribution is 5.48. The Balaban J connectivity index is 1.98. The van der Waals surface area contributed by atoms with E-state index in [1.807, 2.05) is 0 Å². The van der Waals surface area contributed by atoms with Crippen LogP contribution in [-0.2, 0) is 13.1 Å². The van der Waals surface area contributed by atoms with Gasteiger partial charge in [0.25, 0.3) is 0 Å². The van der Waals surface area contributed by atoms with Gasteiger partial charge >= 0.3 is 0 Å². The molecule has 0 heterocycles. The van der Waals surface area contributed by atoms with E-state index in [1.54, 1.807) is 0 Å². The van der Waals surface area contributed by atoms with Gasteiger partial charge < -0.3 is 10.2 Å². The zero-order valence-electron chi connectivity index (χ0n) is 13.2. The summed E-state index contributed by atoms with van der Waals surface area (Å²) in [5.41, 5.74) is 4.00. The molecule has 2 rings (SSSR count). The molecular formula is C19H26N2. The Labute approximate surface area is 128 Å². The first kappa shape index (κ1) is 15.6. The van der Waals surface area contributed by atoms with E-state index in [-0.39, 0.29) is 0 Å². The molecule has 0 aromatic heterocycles. The smallest absolute Gasteiger partial charge is 0.0429 e. The zero-order chi connectivity index (χ0) is 14.9. The topological polar surface area (TPSA) is 15.3 Å². The fraction of sp³-hybridized carbons (Fsp3) is 0.368. The fourth-order valence-electron chi connectivity index (χ4n) is 2.42. The Hall–Kier alpha value is -1.80. The molecule has 2 aromatic rings. The molecule has 0 bridgehead atoms. The van der Waals surface area contributed by atoms with Crippen LogP contribution in [-0.4, -0.2) is 13.1 Å². The monoisotopic (exact) mass is 282 g/mol. The van der Waals surface area contributed by atoms with Crippen LogP contribution in [0.15, 0.2) is 54.6 Å². The lowest BCUT2D eigenvalue weighted by Crippen LogP contribution is -2.22. The molecule has 0 aliphatic rings. The third kappa shape index (κ3) is 4.91. The highest BCUT2D eigenvalue weighted by Gasteiger charge is 2.05. The summed E-state index contributed by atoms with van der Waals surface area (Å²) in [6.07, 6.45) is 1.18. The molecule has 0 saturated heterocycles. The molecule has 0 unspecified atom stereocenters. The average Bonchev–Trinajstić information content (AvgIpc) is 2.55. The standard InChI is InChI=1S/C19H26N2/c1-3-14-20-15-17-10-12-19(13-11-17)21(4-2)16-18-8-6-5-7-9-18/h5-13,20H,3-4,14-16H2,1-2H3. The molecule has 112 valence electrons. The van der Waals surface area contributed by atoms with Gasteiger partial charge in [-0.15, -0.1) is 0 Å². The summed E-state index contributed by atoms with van der Waals surface area (Å²) in [6.45, 7) is 8.42. The molecule has 0 saturated carbocycles. The van der Waals surface area contributed by atoms with Gasteiger partial charge in [0.1, 0.15) is 0 Å². The van der Waals surface area contributed by atoms with Crippen LogP contribution in [0.3, 0.4) is 0 Å². The van der Waals surface area contributed by atoms with Crippen LogP contribution in [0, 0.1) is 0 Å². The van der Waals surface area contributed by atoms with E-state index in [1.165, 1.54) is 23.2 Å². The summed E-state index contributed by atoms with van der Waals surface area (Å²) in [6, 6.07) is 19.6. The maximum Gasteiger partial charge on any atom is 0.0429 e. The van der Waals surface area contributed by atoms with Crippen molar-refractivity contribution in [3.8, 4) is 0 Å². The fourth-order valence-corrected chi connectivity index (χ4v) is 2.42. The molecule has 0 radical (unpaired) electrons. The van der Waals surface area contributed by atoms with Crippen LogP contribution in [0.25, 0.3) is 0 Å². The van der Waals surface area contributed by atoms with Crippen LogP contribution in [0.2, 0.25) is 0 Å². The van der Waals surface area contributed by atoms with Crippen molar-refractivity contribution >= 4 is 5.69 Å². The average molecular weight is 282 g/mol. The predicted molar refractivity (Wildman–Crippen MR) is 91.6 cm³/mol. The second-order valence-electron chi connectivity index (χ2n) is 5.34. The normalized spacial score (nSPS) is 10.6. The van der Waals surface area contributed by atoms with Gasteiger partial charge in [0, 0.05) is 25.3 Å². The van der Waals surface area contributed by atoms with Gasteiger partial charge in [-0.05, 0) is 43.1 Å². The summed E-state index contributed by atoms with van der Waals surface area (Å²) >= 11 is 0. The van der Waals surface area contributed by atoms with E-state index in [0.29, 0.717) is 0 Å². The van der Waals surface area contributed by atoms with Crippen molar-refractivity contribution in [2.24, 2.45) is 0 Å². The van der Waals surface area contributed by atoms with Crippen molar-refractivity contribution in [1.82, 2.24) is 5.32 Å². The number of hydrogen-bond donors (Lipinski definition) is 1. The molecule has 0 aliphatic carbocycles. The number of anilines is 1. The van der Waals surface area contributed by atoms with E-state index >= 15 is 0 Å². The van der Waals surface area contributed by atoms with Crippen molar-refractivity contribution in [1.29, 1.82) is 0 Å². The molecule has 0 aliphatic heterocycles. The lowest BCUT2D eigenvalue weighted by Gasteiger charge is -2.23. The number of hydrogen-bond acceptors (Lipinski definition) is 2. The molecule has 2 heteroatoms. The van der Waals surface area contributed by atoms with Crippen LogP contribution < -0.4 is 10.2 Å². The first-order valence-corrected chi connectivity index (χ1v) is 7.92. The van der Waals surface area contributed by atoms with Gasteiger partial charge in [0.05, 0.1) is 0 Å². The third-order valence-corrected chi connectivity index (χ3v) is 3.66. The molecular weight excluding hydrogens is 256 g/mol. The summed E-state index contributed by atoms with van der Waals surface area (Å²) in [4.78, 5) is 2.40. The van der Waals surface area contributed by atoms with E-state index < -0.39 is 0 Å². The van der Waals surface area contributed by atoms with Gasteiger partial charge in [0.2, 0.25) is 0 Å². The molecule has 0 amide bonds. The van der Waals surface area contributed by atoms with E-state index in [4.69, 9.17) is 0 Å². The van der Waals surface area contributed by atoms with Crippen LogP contribution >= 0.6 is 0 Å². The minimum Gasteiger partial charge on any atom is -0.367 e. The Kier molecular flexibility index (Phi) is 6.29. The molecule has 0 spiro atoms. The Morgan fingerprint density at radius 3 is 2.19 bits per heavy atom. The van der Waals surface area contributed by atoms with Crippen molar-refractivity contribution in [3.05, 3.63) is 65.7 Å². The van der Waals surface area contributed by atoms with Gasteiger partial charge in [-0.3, -0.25) is 0 Å². The van der Waals surface area contributed by atoms with Crippen molar-refractivity contribution in [3.63, 3.8) is 0 Å². The first-order chi connectivity index (χ1) is 10.3. The SMILES string of the molecule is CCCNCc1ccc(N(CC)Cc2ccccc2)cc1. The quantitative estimate of drug-likeness (QED) is 0.730. The highest BCUT2D eigenvalue weighted by atomic mass is 15.1. The van der Waals surface area contributed by atoms with Crippen LogP contribution in [0.4, 0.5) is 5.69 Å². The molecule has 21 heavy (non-hydrogen) atoms. The lowest BCUT2D eigenvalue weighted by atomic mass is 10.1. The lowest BCUT2D eigenvalue weighted by molar-refractivity contribution is 0.675. The van der Waals surface area contributed by atoms with Gasteiger partial charge in [-0.25, -0.2) is 0 Å². The van der Waals surface area contributed by atoms with Crippen molar-refractivity contribution in [2.45, 2.75) is 33.4 Å². The number of nitrogens with zero attached hydrogens (tertiary/aromatic N) is 1. The third-order valence-electron chi connectivity index (χ3n) is 3.66. The second kappa shape index (κ2) is 8.48. The number of benzene rings is 2. The highest BCUT2D eigenvalue weighted by Crippen LogP contribution is 2.18. The van der Waals surface area contributed by atoms with Gasteiger partial charge in [-0.1, -0.05) is 49.4 Å². The van der Waals surface area contributed by atoms with E-state index in [9.17, 15) is 0 Å². The zero-order valence-corrected chi connectivity index (χ0v) is 13.2. The molecule has 2 nitrogen and oxygen atoms in total. The van der Waals surface area contributed by atoms with Crippen LogP contribution in [0.1, 0.15) is 31.4 Å². The first-order valence-electron chi connectivity index (χ1n) is 7.92. The van der Waals surface area contributed by atoms with E-state index in [2.05, 4.69) is 78.7 Å². The largest absolute Gasteiger partial charge is 0.367 e. The van der Waals surface area contributed by atoms with E-state index in [0.717, 1.165) is 26.2 Å². The predicted octanol–water partition coefficient (Wildman–Crippen LogP) is 4.21. The Morgan fingerprint density at radius 2 is 1.57 bits per heavy atom. The molecule has 0 fully saturated rings. The summed E-state index contributed by atoms with van der Waals surface area (Å²) < 4.78 is 0. The number of rotatable bonds is 8. The van der Waals surface area contributed by atoms with Crippen molar-refractivity contribution in [2.75, 3.05) is 18.0 Å². The summed E-state index contributed by atoms with van der Waals surface area (Å²) in [5, 5.41) is 3.44. The molecule has 1 N–H and O–H groups in total. The summed E-state index contributed by atoms with van der Waals surface area (Å²) in [7, 11) is 0.